The average Bonchev–Trinajstić information content (AvgIpc) is 2.80. The van der Waals surface area contributed by atoms with Crippen LogP contribution in [0.1, 0.15) is 27.2 Å². The van der Waals surface area contributed by atoms with Gasteiger partial charge >= 0.3 is 0 Å². The summed E-state index contributed by atoms with van der Waals surface area (Å²) in [4.78, 5) is 28.6. The Morgan fingerprint density at radius 3 is 2.52 bits per heavy atom. The molecule has 6 nitrogen and oxygen atoms in total. The van der Waals surface area contributed by atoms with Crippen molar-refractivity contribution in [2.75, 3.05) is 0 Å². The van der Waals surface area contributed by atoms with E-state index in [4.69, 9.17) is 0 Å². The summed E-state index contributed by atoms with van der Waals surface area (Å²) in [6, 6.07) is 2.62. The number of nitrogens with zero attached hydrogens (tertiary/aromatic N) is 2. The van der Waals surface area contributed by atoms with Gasteiger partial charge in [0.1, 0.15) is 11.6 Å². The number of fused-ring (bicyclic) bond motifs is 1. The first-order valence-corrected chi connectivity index (χ1v) is 7.57. The molecule has 2 aromatic heterocycles. The van der Waals surface area contributed by atoms with E-state index in [1.807, 2.05) is 0 Å². The predicted octanol–water partition coefficient (Wildman–Crippen LogP) is 2.09. The lowest BCUT2D eigenvalue weighted by molar-refractivity contribution is 0.0950. The molecule has 1 aromatic carbocycles. The molecule has 0 aliphatic carbocycles. The molecule has 0 aliphatic rings. The number of aromatic nitrogens is 3. The number of carbonyl (C=O) groups is 1. The molecule has 0 unspecified atom stereocenters. The number of hydrogen-bond acceptors (Lipinski definition) is 3. The minimum Gasteiger partial charge on any atom is -0.348 e. The van der Waals surface area contributed by atoms with Crippen LogP contribution in [0.3, 0.4) is 0 Å². The quantitative estimate of drug-likeness (QED) is 0.762. The number of H-pyrrole nitrogens is 1. The van der Waals surface area contributed by atoms with Crippen molar-refractivity contribution in [3.63, 3.8) is 0 Å². The largest absolute Gasteiger partial charge is 0.348 e. The van der Waals surface area contributed by atoms with Crippen LogP contribution in [0.4, 0.5) is 8.78 Å². The Labute approximate surface area is 141 Å². The normalized spacial score (nSPS) is 11.1. The summed E-state index contributed by atoms with van der Waals surface area (Å²) in [6.07, 6.45) is 0. The summed E-state index contributed by atoms with van der Waals surface area (Å²) < 4.78 is 28.0. The molecular weight excluding hydrogens is 330 g/mol. The first-order chi connectivity index (χ1) is 11.8. The third-order valence-corrected chi connectivity index (χ3v) is 4.13. The minimum atomic E-state index is -0.823. The Bertz CT molecular complexity index is 1030. The fourth-order valence-corrected chi connectivity index (χ4v) is 2.86. The van der Waals surface area contributed by atoms with E-state index >= 15 is 0 Å². The molecule has 2 heterocycles. The average molecular weight is 346 g/mol. The Hall–Kier alpha value is -3.03. The molecule has 0 saturated heterocycles. The Morgan fingerprint density at radius 1 is 1.24 bits per heavy atom. The zero-order chi connectivity index (χ0) is 18.3. The van der Waals surface area contributed by atoms with E-state index in [2.05, 4.69) is 15.4 Å². The van der Waals surface area contributed by atoms with Crippen LogP contribution in [-0.4, -0.2) is 20.7 Å². The van der Waals surface area contributed by atoms with Gasteiger partial charge in [-0.1, -0.05) is 0 Å². The van der Waals surface area contributed by atoms with Gasteiger partial charge in [0, 0.05) is 30.9 Å². The van der Waals surface area contributed by atoms with Crippen LogP contribution >= 0.6 is 0 Å². The van der Waals surface area contributed by atoms with Gasteiger partial charge in [0.15, 0.2) is 5.65 Å². The molecule has 1 amide bonds. The number of halogens is 2. The van der Waals surface area contributed by atoms with Gasteiger partial charge < -0.3 is 5.32 Å². The maximum atomic E-state index is 13.2. The van der Waals surface area contributed by atoms with Gasteiger partial charge in [-0.3, -0.25) is 19.4 Å². The smallest absolute Gasteiger partial charge is 0.273 e. The number of rotatable bonds is 3. The van der Waals surface area contributed by atoms with Crippen molar-refractivity contribution in [3.05, 3.63) is 62.6 Å². The number of nitrogens with one attached hydrogen (secondary N) is 2. The molecule has 3 aromatic rings. The van der Waals surface area contributed by atoms with Crippen molar-refractivity contribution in [1.29, 1.82) is 0 Å². The zero-order valence-electron chi connectivity index (χ0n) is 13.9. The van der Waals surface area contributed by atoms with Gasteiger partial charge in [-0.25, -0.2) is 13.8 Å². The number of amides is 1. The highest BCUT2D eigenvalue weighted by atomic mass is 19.1. The maximum absolute atomic E-state index is 13.2. The van der Waals surface area contributed by atoms with Crippen LogP contribution in [0.15, 0.2) is 23.0 Å². The van der Waals surface area contributed by atoms with Crippen molar-refractivity contribution in [2.45, 2.75) is 20.4 Å². The Balaban J connectivity index is 1.92. The molecule has 25 heavy (non-hydrogen) atoms. The van der Waals surface area contributed by atoms with E-state index in [1.54, 1.807) is 20.9 Å². The predicted molar refractivity (Wildman–Crippen MR) is 88.3 cm³/mol. The molecule has 0 bridgehead atoms. The van der Waals surface area contributed by atoms with E-state index < -0.39 is 17.5 Å². The molecule has 0 fully saturated rings. The Kier molecular flexibility index (Phi) is 4.12. The molecule has 3 rings (SSSR count). The molecule has 8 heteroatoms. The van der Waals surface area contributed by atoms with Crippen LogP contribution in [0, 0.1) is 25.5 Å². The lowest BCUT2D eigenvalue weighted by Gasteiger charge is -2.12. The highest BCUT2D eigenvalue weighted by Gasteiger charge is 2.16. The summed E-state index contributed by atoms with van der Waals surface area (Å²) in [5, 5.41) is 5.71. The number of aromatic amines is 1. The van der Waals surface area contributed by atoms with Crippen molar-refractivity contribution in [1.82, 2.24) is 20.1 Å². The molecular formula is C17H16F2N4O2. The molecule has 0 aliphatic heterocycles. The number of benzene rings is 1. The standard InChI is InChI=1S/C17H16F2N4O2/c1-8-13(9(2)21-15-14(8)17(25)22-23(15)3)7-20-16(24)10-4-11(18)6-12(19)5-10/h4-6H,7H2,1-3H3,(H,20,24)(H,22,25). The fraction of sp³-hybridized carbons (Fsp3) is 0.235. The van der Waals surface area contributed by atoms with Crippen molar-refractivity contribution in [2.24, 2.45) is 7.05 Å². The second-order valence-electron chi connectivity index (χ2n) is 5.84. The van der Waals surface area contributed by atoms with E-state index in [9.17, 15) is 18.4 Å². The van der Waals surface area contributed by atoms with Gasteiger partial charge in [-0.05, 0) is 37.1 Å². The summed E-state index contributed by atoms with van der Waals surface area (Å²) >= 11 is 0. The lowest BCUT2D eigenvalue weighted by atomic mass is 10.0. The van der Waals surface area contributed by atoms with Crippen LogP contribution in [0.25, 0.3) is 11.0 Å². The molecule has 0 saturated carbocycles. The van der Waals surface area contributed by atoms with Gasteiger partial charge in [0.2, 0.25) is 0 Å². The van der Waals surface area contributed by atoms with E-state index in [0.717, 1.165) is 12.1 Å². The van der Waals surface area contributed by atoms with Crippen LogP contribution in [0.5, 0.6) is 0 Å². The van der Waals surface area contributed by atoms with Gasteiger partial charge in [-0.15, -0.1) is 0 Å². The van der Waals surface area contributed by atoms with Crippen LogP contribution < -0.4 is 10.9 Å². The second kappa shape index (κ2) is 6.12. The fourth-order valence-electron chi connectivity index (χ4n) is 2.86. The molecule has 0 spiro atoms. The number of pyridine rings is 1. The third kappa shape index (κ3) is 3.02. The summed E-state index contributed by atoms with van der Waals surface area (Å²) in [5.41, 5.74) is 2.21. The van der Waals surface area contributed by atoms with Crippen LogP contribution in [0.2, 0.25) is 0 Å². The van der Waals surface area contributed by atoms with Crippen molar-refractivity contribution in [3.8, 4) is 0 Å². The monoisotopic (exact) mass is 346 g/mol. The molecule has 2 N–H and O–H groups in total. The summed E-state index contributed by atoms with van der Waals surface area (Å²) in [6.45, 7) is 3.63. The number of carbonyl (C=O) groups excluding carboxylic acids is 1. The second-order valence-corrected chi connectivity index (χ2v) is 5.84. The molecule has 0 atom stereocenters. The number of aryl methyl sites for hydroxylation is 3. The lowest BCUT2D eigenvalue weighted by Crippen LogP contribution is -2.24. The van der Waals surface area contributed by atoms with Crippen molar-refractivity contribution >= 4 is 16.9 Å². The van der Waals surface area contributed by atoms with Gasteiger partial charge in [0.05, 0.1) is 5.39 Å². The third-order valence-electron chi connectivity index (χ3n) is 4.13. The minimum absolute atomic E-state index is 0.0892. The van der Waals surface area contributed by atoms with E-state index in [-0.39, 0.29) is 17.7 Å². The van der Waals surface area contributed by atoms with E-state index in [1.165, 1.54) is 4.68 Å². The topological polar surface area (TPSA) is 79.8 Å². The highest BCUT2D eigenvalue weighted by Crippen LogP contribution is 2.19. The molecule has 130 valence electrons. The highest BCUT2D eigenvalue weighted by molar-refractivity contribution is 5.94. The van der Waals surface area contributed by atoms with Gasteiger partial charge in [-0.2, -0.15) is 0 Å². The van der Waals surface area contributed by atoms with Gasteiger partial charge in [0.25, 0.3) is 11.5 Å². The number of hydrogen-bond donors (Lipinski definition) is 2. The summed E-state index contributed by atoms with van der Waals surface area (Å²) in [5.74, 6) is -2.26. The van der Waals surface area contributed by atoms with Crippen molar-refractivity contribution < 1.29 is 13.6 Å². The van der Waals surface area contributed by atoms with Crippen LogP contribution in [-0.2, 0) is 13.6 Å². The molecule has 0 radical (unpaired) electrons. The Morgan fingerprint density at radius 2 is 1.88 bits per heavy atom. The first kappa shape index (κ1) is 16.8. The SMILES string of the molecule is Cc1nc2c(c(C)c1CNC(=O)c1cc(F)cc(F)c1)c(=O)[nH]n2C. The maximum Gasteiger partial charge on any atom is 0.273 e. The summed E-state index contributed by atoms with van der Waals surface area (Å²) in [7, 11) is 1.69. The van der Waals surface area contributed by atoms with E-state index in [0.29, 0.717) is 33.9 Å². The zero-order valence-corrected chi connectivity index (χ0v) is 13.9. The first-order valence-electron chi connectivity index (χ1n) is 7.57.